The molecule has 0 saturated heterocycles. The zero-order valence-corrected chi connectivity index (χ0v) is 16.7. The summed E-state index contributed by atoms with van der Waals surface area (Å²) >= 11 is 0. The van der Waals surface area contributed by atoms with E-state index in [1.165, 1.54) is 32.0 Å². The van der Waals surface area contributed by atoms with Crippen molar-refractivity contribution in [3.05, 3.63) is 40.8 Å². The first-order valence-electron chi connectivity index (χ1n) is 8.42. The number of ether oxygens (including phenoxy) is 2. The summed E-state index contributed by atoms with van der Waals surface area (Å²) in [5.74, 6) is 1.09. The maximum absolute atomic E-state index is 13.1. The molecule has 2 heterocycles. The lowest BCUT2D eigenvalue weighted by molar-refractivity contribution is 0.394. The summed E-state index contributed by atoms with van der Waals surface area (Å²) in [6, 6.07) is 6.80. The number of sulfonamides is 1. The van der Waals surface area contributed by atoms with E-state index in [1.807, 2.05) is 0 Å². The number of nitrogens with one attached hydrogen (secondary N) is 1. The van der Waals surface area contributed by atoms with E-state index in [2.05, 4.69) is 14.7 Å². The Morgan fingerprint density at radius 3 is 2.29 bits per heavy atom. The van der Waals surface area contributed by atoms with Gasteiger partial charge in [0.15, 0.2) is 0 Å². The minimum absolute atomic E-state index is 0.245. The third-order valence-corrected chi connectivity index (χ3v) is 5.51. The number of pyridine rings is 1. The number of hydrogen-bond donors (Lipinski definition) is 1. The van der Waals surface area contributed by atoms with Crippen LogP contribution in [0.15, 0.2) is 40.4 Å². The third kappa shape index (κ3) is 3.43. The van der Waals surface area contributed by atoms with Gasteiger partial charge in [-0.15, -0.1) is 0 Å². The minimum atomic E-state index is -3.83. The van der Waals surface area contributed by atoms with Gasteiger partial charge in [-0.05, 0) is 37.7 Å². The average Bonchev–Trinajstić information content (AvgIpc) is 2.72. The molecule has 28 heavy (non-hydrogen) atoms. The number of methoxy groups -OCH3 is 2. The number of fused-ring (bicyclic) bond motifs is 1. The van der Waals surface area contributed by atoms with Gasteiger partial charge in [0.05, 0.1) is 14.2 Å². The molecule has 3 rings (SSSR count). The summed E-state index contributed by atoms with van der Waals surface area (Å²) in [7, 11) is 0.502. The van der Waals surface area contributed by atoms with Gasteiger partial charge in [0.25, 0.3) is 20.7 Å². The molecule has 10 heteroatoms. The van der Waals surface area contributed by atoms with Crippen LogP contribution in [0.5, 0.6) is 11.5 Å². The highest BCUT2D eigenvalue weighted by Crippen LogP contribution is 2.29. The lowest BCUT2D eigenvalue weighted by Crippen LogP contribution is -2.25. The van der Waals surface area contributed by atoms with Crippen LogP contribution in [-0.2, 0) is 16.6 Å². The van der Waals surface area contributed by atoms with Crippen LogP contribution in [-0.4, -0.2) is 44.2 Å². The summed E-state index contributed by atoms with van der Waals surface area (Å²) in [6.07, 6.45) is 1.39. The number of rotatable bonds is 6. The molecule has 1 aromatic carbocycles. The largest absolute Gasteiger partial charge is 0.497 e. The highest BCUT2D eigenvalue weighted by molar-refractivity contribution is 7.89. The van der Waals surface area contributed by atoms with E-state index in [1.54, 1.807) is 31.2 Å². The number of benzene rings is 1. The molecule has 0 bridgehead atoms. The lowest BCUT2D eigenvalue weighted by atomic mass is 10.1. The van der Waals surface area contributed by atoms with Gasteiger partial charge in [-0.2, -0.15) is 4.98 Å². The first-order valence-corrected chi connectivity index (χ1v) is 9.90. The van der Waals surface area contributed by atoms with E-state index in [9.17, 15) is 13.2 Å². The highest BCUT2D eigenvalue weighted by Gasteiger charge is 2.19. The van der Waals surface area contributed by atoms with Gasteiger partial charge in [-0.1, -0.05) is 0 Å². The van der Waals surface area contributed by atoms with Crippen LogP contribution in [0, 0.1) is 0 Å². The molecule has 0 aliphatic heterocycles. The Bertz CT molecular complexity index is 1180. The Balaban J connectivity index is 2.31. The highest BCUT2D eigenvalue weighted by atomic mass is 32.2. The molecule has 0 unspecified atom stereocenters. The van der Waals surface area contributed by atoms with E-state index in [0.717, 1.165) is 0 Å². The first-order chi connectivity index (χ1) is 13.3. The Kier molecular flexibility index (Phi) is 5.34. The molecule has 0 saturated carbocycles. The van der Waals surface area contributed by atoms with Gasteiger partial charge in [-0.25, -0.2) is 18.1 Å². The second-order valence-electron chi connectivity index (χ2n) is 5.85. The average molecular weight is 404 g/mol. The second-order valence-corrected chi connectivity index (χ2v) is 7.63. The Hall–Kier alpha value is -2.98. The zero-order valence-electron chi connectivity index (χ0n) is 15.9. The van der Waals surface area contributed by atoms with Gasteiger partial charge in [0.2, 0.25) is 0 Å². The molecule has 0 atom stereocenters. The van der Waals surface area contributed by atoms with E-state index in [-0.39, 0.29) is 16.4 Å². The topological polar surface area (TPSA) is 112 Å². The van der Waals surface area contributed by atoms with Crippen molar-refractivity contribution in [2.75, 3.05) is 21.3 Å². The van der Waals surface area contributed by atoms with Crippen molar-refractivity contribution in [1.29, 1.82) is 0 Å². The minimum Gasteiger partial charge on any atom is -0.497 e. The summed E-state index contributed by atoms with van der Waals surface area (Å²) in [5, 5.41) is 0.146. The van der Waals surface area contributed by atoms with Crippen LogP contribution >= 0.6 is 0 Å². The van der Waals surface area contributed by atoms with Crippen LogP contribution in [0.2, 0.25) is 0 Å². The molecule has 2 aromatic heterocycles. The third-order valence-electron chi connectivity index (χ3n) is 4.29. The van der Waals surface area contributed by atoms with Crippen LogP contribution in [0.25, 0.3) is 22.2 Å². The molecule has 0 spiro atoms. The molecule has 0 aliphatic rings. The van der Waals surface area contributed by atoms with Crippen molar-refractivity contribution in [3.63, 3.8) is 0 Å². The number of hydrogen-bond acceptors (Lipinski definition) is 7. The predicted molar refractivity (Wildman–Crippen MR) is 104 cm³/mol. The van der Waals surface area contributed by atoms with Gasteiger partial charge < -0.3 is 9.47 Å². The van der Waals surface area contributed by atoms with Crippen LogP contribution < -0.4 is 19.8 Å². The second kappa shape index (κ2) is 7.56. The predicted octanol–water partition coefficient (Wildman–Crippen LogP) is 1.40. The van der Waals surface area contributed by atoms with E-state index in [4.69, 9.17) is 9.47 Å². The number of aryl methyl sites for hydroxylation is 1. The lowest BCUT2D eigenvalue weighted by Gasteiger charge is -2.13. The Labute approximate surface area is 162 Å². The monoisotopic (exact) mass is 404 g/mol. The normalized spacial score (nSPS) is 11.6. The van der Waals surface area contributed by atoms with E-state index >= 15 is 0 Å². The van der Waals surface area contributed by atoms with Gasteiger partial charge >= 0.3 is 0 Å². The van der Waals surface area contributed by atoms with E-state index < -0.39 is 10.0 Å². The van der Waals surface area contributed by atoms with Crippen molar-refractivity contribution in [3.8, 4) is 22.6 Å². The standard InChI is InChI=1S/C18H20N4O5S/c1-5-22-16-12(10-20-18(21-16)28(24,25)19-2)8-15(17(22)23)11-6-13(26-3)9-14(7-11)27-4/h6-10,19H,5H2,1-4H3. The number of nitrogens with zero attached hydrogens (tertiary/aromatic N) is 3. The SMILES string of the molecule is CCn1c(=O)c(-c2cc(OC)cc(OC)c2)cc2cnc(S(=O)(=O)NC)nc21. The Morgan fingerprint density at radius 2 is 1.75 bits per heavy atom. The molecule has 0 fully saturated rings. The van der Waals surface area contributed by atoms with Crippen molar-refractivity contribution < 1.29 is 17.9 Å². The molecule has 9 nitrogen and oxygen atoms in total. The quantitative estimate of drug-likeness (QED) is 0.618. The summed E-state index contributed by atoms with van der Waals surface area (Å²) in [6.45, 7) is 2.09. The fraction of sp³-hybridized carbons (Fsp3) is 0.278. The smallest absolute Gasteiger partial charge is 0.276 e. The van der Waals surface area contributed by atoms with Crippen molar-refractivity contribution >= 4 is 21.1 Å². The molecular weight excluding hydrogens is 384 g/mol. The molecule has 3 aromatic rings. The van der Waals surface area contributed by atoms with Crippen molar-refractivity contribution in [2.45, 2.75) is 18.6 Å². The fourth-order valence-corrected chi connectivity index (χ4v) is 3.41. The van der Waals surface area contributed by atoms with E-state index in [0.29, 0.717) is 34.6 Å². The fourth-order valence-electron chi connectivity index (χ4n) is 2.83. The van der Waals surface area contributed by atoms with Crippen LogP contribution in [0.1, 0.15) is 6.92 Å². The molecule has 0 aliphatic carbocycles. The van der Waals surface area contributed by atoms with Crippen molar-refractivity contribution in [2.24, 2.45) is 0 Å². The molecule has 0 radical (unpaired) electrons. The van der Waals surface area contributed by atoms with Gasteiger partial charge in [-0.3, -0.25) is 9.36 Å². The zero-order chi connectivity index (χ0) is 20.5. The maximum atomic E-state index is 13.1. The molecule has 148 valence electrons. The number of aromatic nitrogens is 3. The van der Waals surface area contributed by atoms with Crippen LogP contribution in [0.3, 0.4) is 0 Å². The molecular formula is C18H20N4O5S. The summed E-state index contributed by atoms with van der Waals surface area (Å²) in [5.41, 5.74) is 0.948. The van der Waals surface area contributed by atoms with Crippen molar-refractivity contribution in [1.82, 2.24) is 19.3 Å². The van der Waals surface area contributed by atoms with Crippen LogP contribution in [0.4, 0.5) is 0 Å². The molecule has 1 N–H and O–H groups in total. The summed E-state index contributed by atoms with van der Waals surface area (Å²) in [4.78, 5) is 21.1. The first kappa shape index (κ1) is 19.8. The summed E-state index contributed by atoms with van der Waals surface area (Å²) < 4.78 is 38.2. The van der Waals surface area contributed by atoms with Gasteiger partial charge in [0.1, 0.15) is 17.1 Å². The Morgan fingerprint density at radius 1 is 1.11 bits per heavy atom. The maximum Gasteiger partial charge on any atom is 0.276 e. The molecule has 0 amide bonds. The van der Waals surface area contributed by atoms with Gasteiger partial charge in [0, 0.05) is 29.8 Å².